The van der Waals surface area contributed by atoms with Gasteiger partial charge in [-0.25, -0.2) is 0 Å². The van der Waals surface area contributed by atoms with Crippen LogP contribution >= 0.6 is 11.8 Å². The summed E-state index contributed by atoms with van der Waals surface area (Å²) in [6, 6.07) is 13.3. The van der Waals surface area contributed by atoms with Crippen molar-refractivity contribution in [2.24, 2.45) is 7.05 Å². The lowest BCUT2D eigenvalue weighted by molar-refractivity contribution is -0.113. The number of carbonyl (C=O) groups is 1. The maximum atomic E-state index is 12.3. The average molecular weight is 413 g/mol. The minimum absolute atomic E-state index is 0.0859. The monoisotopic (exact) mass is 412 g/mol. The molecule has 3 aromatic rings. The van der Waals surface area contributed by atoms with Crippen LogP contribution in [0.25, 0.3) is 0 Å². The molecular formula is C21H24N4O3S. The van der Waals surface area contributed by atoms with E-state index in [1.807, 2.05) is 61.9 Å². The van der Waals surface area contributed by atoms with Crippen LogP contribution in [-0.4, -0.2) is 33.5 Å². The molecule has 152 valence electrons. The topological polar surface area (TPSA) is 78.3 Å². The number of nitrogens with zero attached hydrogens (tertiary/aromatic N) is 3. The molecule has 0 saturated carbocycles. The molecule has 1 amide bonds. The van der Waals surface area contributed by atoms with Crippen molar-refractivity contribution in [2.45, 2.75) is 25.6 Å². The summed E-state index contributed by atoms with van der Waals surface area (Å²) in [5.74, 6) is 2.25. The number of anilines is 1. The van der Waals surface area contributed by atoms with E-state index in [0.29, 0.717) is 16.7 Å². The second kappa shape index (κ2) is 9.47. The Bertz CT molecular complexity index is 983. The van der Waals surface area contributed by atoms with Gasteiger partial charge in [-0.15, -0.1) is 10.2 Å². The van der Waals surface area contributed by atoms with E-state index >= 15 is 0 Å². The van der Waals surface area contributed by atoms with Gasteiger partial charge < -0.3 is 19.4 Å². The van der Waals surface area contributed by atoms with E-state index in [4.69, 9.17) is 9.47 Å². The lowest BCUT2D eigenvalue weighted by atomic mass is 10.1. The first kappa shape index (κ1) is 20.7. The molecule has 1 heterocycles. The van der Waals surface area contributed by atoms with Crippen molar-refractivity contribution in [3.8, 4) is 11.5 Å². The molecule has 0 aliphatic rings. The first-order chi connectivity index (χ1) is 13.9. The van der Waals surface area contributed by atoms with Crippen LogP contribution in [0.5, 0.6) is 11.5 Å². The molecule has 3 rings (SSSR count). The highest BCUT2D eigenvalue weighted by Gasteiger charge is 2.12. The molecule has 0 aliphatic heterocycles. The van der Waals surface area contributed by atoms with Crippen molar-refractivity contribution in [3.05, 3.63) is 59.4 Å². The van der Waals surface area contributed by atoms with E-state index in [-0.39, 0.29) is 18.3 Å². The fraction of sp³-hybridized carbons (Fsp3) is 0.286. The lowest BCUT2D eigenvalue weighted by Gasteiger charge is -2.08. The van der Waals surface area contributed by atoms with Crippen LogP contribution in [0.4, 0.5) is 5.69 Å². The molecule has 0 fully saturated rings. The van der Waals surface area contributed by atoms with Crippen molar-refractivity contribution in [2.75, 3.05) is 18.2 Å². The number of carbonyl (C=O) groups excluding carboxylic acids is 1. The van der Waals surface area contributed by atoms with Crippen molar-refractivity contribution in [1.29, 1.82) is 0 Å². The Hall–Kier alpha value is -3.00. The van der Waals surface area contributed by atoms with E-state index < -0.39 is 0 Å². The van der Waals surface area contributed by atoms with Crippen molar-refractivity contribution < 1.29 is 14.3 Å². The zero-order chi connectivity index (χ0) is 20.8. The Balaban J connectivity index is 1.54. The van der Waals surface area contributed by atoms with Gasteiger partial charge in [0.05, 0.1) is 12.9 Å². The van der Waals surface area contributed by atoms with Crippen molar-refractivity contribution in [3.63, 3.8) is 0 Å². The van der Waals surface area contributed by atoms with Crippen molar-refractivity contribution >= 4 is 23.4 Å². The van der Waals surface area contributed by atoms with Gasteiger partial charge >= 0.3 is 0 Å². The number of rotatable bonds is 8. The first-order valence-corrected chi connectivity index (χ1v) is 10.1. The van der Waals surface area contributed by atoms with E-state index in [2.05, 4.69) is 21.6 Å². The predicted octanol–water partition coefficient (Wildman–Crippen LogP) is 3.75. The summed E-state index contributed by atoms with van der Waals surface area (Å²) < 4.78 is 12.8. The standard InChI is InChI=1S/C21H24N4O3S/c1-14-8-15(2)10-16(9-14)22-20(26)13-29-21-24-23-19(25(21)3)12-28-18-7-5-6-17(11-18)27-4/h5-11H,12-13H2,1-4H3,(H,22,26). The van der Waals surface area contributed by atoms with Crippen LogP contribution in [0.3, 0.4) is 0 Å². The number of methoxy groups -OCH3 is 1. The minimum atomic E-state index is -0.0859. The van der Waals surface area contributed by atoms with E-state index in [1.165, 1.54) is 11.8 Å². The fourth-order valence-electron chi connectivity index (χ4n) is 2.81. The molecule has 0 spiro atoms. The van der Waals surface area contributed by atoms with Gasteiger partial charge in [-0.3, -0.25) is 4.79 Å². The normalized spacial score (nSPS) is 10.6. The van der Waals surface area contributed by atoms with E-state index in [0.717, 1.165) is 22.6 Å². The highest BCUT2D eigenvalue weighted by Crippen LogP contribution is 2.21. The second-order valence-corrected chi connectivity index (χ2v) is 7.58. The number of nitrogens with one attached hydrogen (secondary N) is 1. The molecular weight excluding hydrogens is 388 g/mol. The van der Waals surface area contributed by atoms with Crippen LogP contribution in [0, 0.1) is 13.8 Å². The number of amides is 1. The fourth-order valence-corrected chi connectivity index (χ4v) is 3.54. The van der Waals surface area contributed by atoms with Gasteiger partial charge in [-0.2, -0.15) is 0 Å². The number of aromatic nitrogens is 3. The molecule has 0 aliphatic carbocycles. The van der Waals surface area contributed by atoms with Crippen LogP contribution in [-0.2, 0) is 18.4 Å². The third-order valence-corrected chi connectivity index (χ3v) is 5.19. The quantitative estimate of drug-likeness (QED) is 0.568. The summed E-state index contributed by atoms with van der Waals surface area (Å²) in [6.07, 6.45) is 0. The third kappa shape index (κ3) is 5.74. The molecule has 1 aromatic heterocycles. The number of ether oxygens (including phenoxy) is 2. The zero-order valence-corrected chi connectivity index (χ0v) is 17.7. The summed E-state index contributed by atoms with van der Waals surface area (Å²) in [7, 11) is 3.47. The summed E-state index contributed by atoms with van der Waals surface area (Å²) in [6.45, 7) is 4.28. The molecule has 0 radical (unpaired) electrons. The molecule has 0 saturated heterocycles. The first-order valence-electron chi connectivity index (χ1n) is 9.10. The zero-order valence-electron chi connectivity index (χ0n) is 16.9. The largest absolute Gasteiger partial charge is 0.497 e. The van der Waals surface area contributed by atoms with E-state index in [1.54, 1.807) is 7.11 Å². The lowest BCUT2D eigenvalue weighted by Crippen LogP contribution is -2.14. The summed E-state index contributed by atoms with van der Waals surface area (Å²) in [4.78, 5) is 12.3. The van der Waals surface area contributed by atoms with Gasteiger partial charge in [0.1, 0.15) is 18.1 Å². The Morgan fingerprint density at radius 1 is 1.10 bits per heavy atom. The van der Waals surface area contributed by atoms with Gasteiger partial charge in [0.25, 0.3) is 0 Å². The van der Waals surface area contributed by atoms with Crippen LogP contribution in [0.1, 0.15) is 17.0 Å². The summed E-state index contributed by atoms with van der Waals surface area (Å²) in [5, 5.41) is 11.9. The third-order valence-electron chi connectivity index (χ3n) is 4.17. The highest BCUT2D eigenvalue weighted by molar-refractivity contribution is 7.99. The number of benzene rings is 2. The Labute approximate surface area is 174 Å². The molecule has 0 bridgehead atoms. The van der Waals surface area contributed by atoms with Crippen molar-refractivity contribution in [1.82, 2.24) is 14.8 Å². The molecule has 7 nitrogen and oxygen atoms in total. The van der Waals surface area contributed by atoms with Gasteiger partial charge in [0, 0.05) is 18.8 Å². The molecule has 8 heteroatoms. The van der Waals surface area contributed by atoms with Crippen LogP contribution in [0.15, 0.2) is 47.6 Å². The average Bonchev–Trinajstić information content (AvgIpc) is 3.03. The molecule has 29 heavy (non-hydrogen) atoms. The smallest absolute Gasteiger partial charge is 0.234 e. The van der Waals surface area contributed by atoms with Gasteiger partial charge in [0.2, 0.25) is 5.91 Å². The minimum Gasteiger partial charge on any atom is -0.497 e. The van der Waals surface area contributed by atoms with E-state index in [9.17, 15) is 4.79 Å². The summed E-state index contributed by atoms with van der Waals surface area (Å²) in [5.41, 5.74) is 3.03. The molecule has 0 atom stereocenters. The molecule has 0 unspecified atom stereocenters. The van der Waals surface area contributed by atoms with Crippen LogP contribution in [0.2, 0.25) is 0 Å². The molecule has 1 N–H and O–H groups in total. The molecule has 2 aromatic carbocycles. The maximum absolute atomic E-state index is 12.3. The number of thioether (sulfide) groups is 1. The Morgan fingerprint density at radius 3 is 2.55 bits per heavy atom. The second-order valence-electron chi connectivity index (χ2n) is 6.64. The van der Waals surface area contributed by atoms with Crippen LogP contribution < -0.4 is 14.8 Å². The Kier molecular flexibility index (Phi) is 6.77. The predicted molar refractivity (Wildman–Crippen MR) is 114 cm³/mol. The number of hydrogen-bond acceptors (Lipinski definition) is 6. The maximum Gasteiger partial charge on any atom is 0.234 e. The number of hydrogen-bond donors (Lipinski definition) is 1. The van der Waals surface area contributed by atoms with Gasteiger partial charge in [0.15, 0.2) is 11.0 Å². The van der Waals surface area contributed by atoms with Gasteiger partial charge in [-0.05, 0) is 49.2 Å². The SMILES string of the molecule is COc1cccc(OCc2nnc(SCC(=O)Nc3cc(C)cc(C)c3)n2C)c1. The Morgan fingerprint density at radius 2 is 1.83 bits per heavy atom. The number of aryl methyl sites for hydroxylation is 2. The highest BCUT2D eigenvalue weighted by atomic mass is 32.2. The summed E-state index contributed by atoms with van der Waals surface area (Å²) >= 11 is 1.33. The van der Waals surface area contributed by atoms with Gasteiger partial charge in [-0.1, -0.05) is 23.9 Å².